The van der Waals surface area contributed by atoms with Crippen LogP contribution in [0.25, 0.3) is 0 Å². The lowest BCUT2D eigenvalue weighted by molar-refractivity contribution is 0.904. The van der Waals surface area contributed by atoms with Crippen molar-refractivity contribution in [1.29, 1.82) is 0 Å². The van der Waals surface area contributed by atoms with Gasteiger partial charge in [-0.25, -0.2) is 0 Å². The van der Waals surface area contributed by atoms with Gasteiger partial charge in [0.05, 0.1) is 0 Å². The Labute approximate surface area is 57.7 Å². The summed E-state index contributed by atoms with van der Waals surface area (Å²) < 4.78 is 0. The average Bonchev–Trinajstić information content (AvgIpc) is 1.89. The molecule has 0 amide bonds. The summed E-state index contributed by atoms with van der Waals surface area (Å²) in [5, 5.41) is 0. The Morgan fingerprint density at radius 2 is 1.33 bits per heavy atom. The summed E-state index contributed by atoms with van der Waals surface area (Å²) in [6, 6.07) is 0. The van der Waals surface area contributed by atoms with E-state index in [9.17, 15) is 0 Å². The standard InChI is InChI=1S/C9H10/c1-3-5-7-9-8-6-4-2/h1-2,7-9H2. The zero-order valence-electron chi connectivity index (χ0n) is 5.54. The molecule has 46 valence electrons. The van der Waals surface area contributed by atoms with Crippen LogP contribution in [0, 0.1) is 37.5 Å². The molecule has 2 radical (unpaired) electrons. The molecule has 0 aromatic rings. The summed E-state index contributed by atoms with van der Waals surface area (Å²) in [6.07, 6.45) is 2.83. The van der Waals surface area contributed by atoms with Gasteiger partial charge in [-0.15, -0.1) is 23.7 Å². The lowest BCUT2D eigenvalue weighted by Crippen LogP contribution is -1.68. The zero-order chi connectivity index (χ0) is 6.95. The van der Waals surface area contributed by atoms with Crippen LogP contribution in [0.15, 0.2) is 0 Å². The number of hydrogen-bond acceptors (Lipinski definition) is 0. The van der Waals surface area contributed by atoms with E-state index in [1.54, 1.807) is 0 Å². The largest absolute Gasteiger partial charge is 0.103 e. The fraction of sp³-hybridized carbons (Fsp3) is 0.333. The normalized spacial score (nSPS) is 6.44. The highest BCUT2D eigenvalue weighted by Gasteiger charge is 1.76. The summed E-state index contributed by atoms with van der Waals surface area (Å²) in [5.41, 5.74) is 0. The van der Waals surface area contributed by atoms with Crippen molar-refractivity contribution in [2.75, 3.05) is 0 Å². The van der Waals surface area contributed by atoms with Crippen LogP contribution in [0.2, 0.25) is 0 Å². The summed E-state index contributed by atoms with van der Waals surface area (Å²) in [7, 11) is 0. The number of unbranched alkanes of at least 4 members (excludes halogenated alkanes) is 2. The van der Waals surface area contributed by atoms with Gasteiger partial charge in [0, 0.05) is 26.7 Å². The van der Waals surface area contributed by atoms with E-state index in [4.69, 9.17) is 0 Å². The van der Waals surface area contributed by atoms with E-state index >= 15 is 0 Å². The van der Waals surface area contributed by atoms with Gasteiger partial charge in [-0.1, -0.05) is 0 Å². The minimum Gasteiger partial charge on any atom is -0.103 e. The van der Waals surface area contributed by atoms with Crippen LogP contribution in [0.4, 0.5) is 0 Å². The molecule has 0 heteroatoms. The van der Waals surface area contributed by atoms with Gasteiger partial charge in [0.1, 0.15) is 0 Å². The molecule has 0 unspecified atom stereocenters. The SMILES string of the molecule is [CH2]C#CCCCC#C[CH2]. The van der Waals surface area contributed by atoms with Crippen molar-refractivity contribution in [3.8, 4) is 23.7 Å². The van der Waals surface area contributed by atoms with Crippen molar-refractivity contribution >= 4 is 0 Å². The second kappa shape index (κ2) is 7.12. The first-order chi connectivity index (χ1) is 4.41. The van der Waals surface area contributed by atoms with E-state index in [0.717, 1.165) is 19.3 Å². The summed E-state index contributed by atoms with van der Waals surface area (Å²) in [4.78, 5) is 0. The fourth-order valence-electron chi connectivity index (χ4n) is 0.442. The number of hydrogen-bond donors (Lipinski definition) is 0. The van der Waals surface area contributed by atoms with Crippen molar-refractivity contribution in [3.63, 3.8) is 0 Å². The van der Waals surface area contributed by atoms with Crippen LogP contribution in [0.5, 0.6) is 0 Å². The molecular formula is C9H10. The molecule has 0 heterocycles. The third-order valence-electron chi connectivity index (χ3n) is 0.854. The molecule has 0 aliphatic rings. The van der Waals surface area contributed by atoms with Crippen LogP contribution in [0.1, 0.15) is 19.3 Å². The zero-order valence-corrected chi connectivity index (χ0v) is 5.54. The fourth-order valence-corrected chi connectivity index (χ4v) is 0.442. The summed E-state index contributed by atoms with van der Waals surface area (Å²) in [5.74, 6) is 10.9. The van der Waals surface area contributed by atoms with Gasteiger partial charge in [-0.05, 0) is 6.42 Å². The van der Waals surface area contributed by atoms with Gasteiger partial charge >= 0.3 is 0 Å². The van der Waals surface area contributed by atoms with Crippen LogP contribution in [-0.2, 0) is 0 Å². The smallest absolute Gasteiger partial charge is 0.0198 e. The maximum atomic E-state index is 3.39. The van der Waals surface area contributed by atoms with Crippen LogP contribution < -0.4 is 0 Å². The molecule has 0 bridgehead atoms. The molecule has 0 nitrogen and oxygen atoms in total. The van der Waals surface area contributed by atoms with Crippen LogP contribution in [-0.4, -0.2) is 0 Å². The second-order valence-electron chi connectivity index (χ2n) is 1.56. The Morgan fingerprint density at radius 1 is 0.889 bits per heavy atom. The van der Waals surface area contributed by atoms with Crippen molar-refractivity contribution < 1.29 is 0 Å². The monoisotopic (exact) mass is 118 g/mol. The van der Waals surface area contributed by atoms with Crippen molar-refractivity contribution in [1.82, 2.24) is 0 Å². The summed E-state index contributed by atoms with van der Waals surface area (Å²) in [6.45, 7) is 6.79. The first-order valence-electron chi connectivity index (χ1n) is 2.91. The summed E-state index contributed by atoms with van der Waals surface area (Å²) >= 11 is 0. The van der Waals surface area contributed by atoms with Crippen LogP contribution in [0.3, 0.4) is 0 Å². The molecule has 9 heavy (non-hydrogen) atoms. The van der Waals surface area contributed by atoms with Gasteiger partial charge in [0.25, 0.3) is 0 Å². The van der Waals surface area contributed by atoms with E-state index in [0.29, 0.717) is 0 Å². The Hall–Kier alpha value is -0.880. The first kappa shape index (κ1) is 8.12. The molecule has 0 saturated carbocycles. The van der Waals surface area contributed by atoms with Crippen molar-refractivity contribution in [2.45, 2.75) is 19.3 Å². The third-order valence-corrected chi connectivity index (χ3v) is 0.854. The molecule has 0 spiro atoms. The first-order valence-corrected chi connectivity index (χ1v) is 2.91. The highest BCUT2D eigenvalue weighted by Crippen LogP contribution is 1.90. The van der Waals surface area contributed by atoms with Crippen molar-refractivity contribution in [2.24, 2.45) is 0 Å². The average molecular weight is 118 g/mol. The Bertz CT molecular complexity index is 136. The quantitative estimate of drug-likeness (QED) is 0.383. The van der Waals surface area contributed by atoms with Gasteiger partial charge in [-0.2, -0.15) is 0 Å². The van der Waals surface area contributed by atoms with Gasteiger partial charge in [-0.3, -0.25) is 0 Å². The lowest BCUT2D eigenvalue weighted by Gasteiger charge is -1.81. The highest BCUT2D eigenvalue weighted by atomic mass is 13.8. The maximum absolute atomic E-state index is 3.39. The third kappa shape index (κ3) is 7.12. The van der Waals surface area contributed by atoms with Gasteiger partial charge in [0.15, 0.2) is 0 Å². The topological polar surface area (TPSA) is 0 Å². The highest BCUT2D eigenvalue weighted by molar-refractivity contribution is 5.04. The lowest BCUT2D eigenvalue weighted by atomic mass is 10.2. The molecule has 0 aliphatic heterocycles. The number of rotatable bonds is 2. The minimum absolute atomic E-state index is 0.901. The van der Waals surface area contributed by atoms with E-state index < -0.39 is 0 Å². The van der Waals surface area contributed by atoms with E-state index in [-0.39, 0.29) is 0 Å². The molecule has 0 N–H and O–H groups in total. The predicted octanol–water partition coefficient (Wildman–Crippen LogP) is 1.83. The molecule has 0 saturated heterocycles. The van der Waals surface area contributed by atoms with Gasteiger partial charge in [0.2, 0.25) is 0 Å². The Kier molecular flexibility index (Phi) is 6.42. The molecule has 0 aromatic heterocycles. The van der Waals surface area contributed by atoms with E-state index in [2.05, 4.69) is 37.5 Å². The maximum Gasteiger partial charge on any atom is 0.0198 e. The Balaban J connectivity index is 3.04. The second-order valence-corrected chi connectivity index (χ2v) is 1.56. The van der Waals surface area contributed by atoms with E-state index in [1.807, 2.05) is 0 Å². The molecule has 0 rings (SSSR count). The van der Waals surface area contributed by atoms with Gasteiger partial charge < -0.3 is 0 Å². The molecule has 0 aliphatic carbocycles. The molecular weight excluding hydrogens is 108 g/mol. The molecule has 0 fully saturated rings. The minimum atomic E-state index is 0.901. The van der Waals surface area contributed by atoms with E-state index in [1.165, 1.54) is 0 Å². The van der Waals surface area contributed by atoms with Crippen LogP contribution >= 0.6 is 0 Å². The van der Waals surface area contributed by atoms with Crippen molar-refractivity contribution in [3.05, 3.63) is 13.8 Å². The molecule has 0 aromatic carbocycles. The molecule has 0 atom stereocenters. The predicted molar refractivity (Wildman–Crippen MR) is 40.1 cm³/mol. The Morgan fingerprint density at radius 3 is 1.67 bits per heavy atom.